The molecule has 0 fully saturated rings. The number of methoxy groups -OCH3 is 1. The van der Waals surface area contributed by atoms with Crippen LogP contribution in [0.5, 0.6) is 0 Å². The predicted molar refractivity (Wildman–Crippen MR) is 114 cm³/mol. The fourth-order valence-electron chi connectivity index (χ4n) is 3.73. The van der Waals surface area contributed by atoms with Gasteiger partial charge in [0, 0.05) is 13.7 Å². The summed E-state index contributed by atoms with van der Waals surface area (Å²) >= 11 is 0. The summed E-state index contributed by atoms with van der Waals surface area (Å²) < 4.78 is 15.5. The number of para-hydroxylation sites is 4. The Labute approximate surface area is 173 Å². The second-order valence-corrected chi connectivity index (χ2v) is 6.91. The van der Waals surface area contributed by atoms with Crippen LogP contribution in [0.2, 0.25) is 0 Å². The fourth-order valence-corrected chi connectivity index (χ4v) is 3.73. The fraction of sp³-hybridized carbons (Fsp3) is 0.318. The van der Waals surface area contributed by atoms with Gasteiger partial charge in [0.1, 0.15) is 12.4 Å². The van der Waals surface area contributed by atoms with Crippen molar-refractivity contribution >= 4 is 28.0 Å². The number of hydrogen-bond acceptors (Lipinski definition) is 5. The lowest BCUT2D eigenvalue weighted by atomic mass is 10.3. The largest absolute Gasteiger partial charge is 0.465 e. The van der Waals surface area contributed by atoms with Gasteiger partial charge in [0.05, 0.1) is 41.8 Å². The van der Waals surface area contributed by atoms with Crippen LogP contribution in [-0.2, 0) is 33.9 Å². The summed E-state index contributed by atoms with van der Waals surface area (Å²) in [7, 11) is 1.66. The highest BCUT2D eigenvalue weighted by Gasteiger charge is 2.18. The van der Waals surface area contributed by atoms with Gasteiger partial charge in [-0.3, -0.25) is 13.9 Å². The third-order valence-electron chi connectivity index (χ3n) is 5.07. The zero-order chi connectivity index (χ0) is 21.1. The summed E-state index contributed by atoms with van der Waals surface area (Å²) in [6, 6.07) is 15.3. The van der Waals surface area contributed by atoms with E-state index in [-0.39, 0.29) is 25.4 Å². The Morgan fingerprint density at radius 1 is 0.967 bits per heavy atom. The molecule has 0 aliphatic carbocycles. The number of aromatic nitrogens is 4. The molecule has 0 radical (unpaired) electrons. The lowest BCUT2D eigenvalue weighted by Gasteiger charge is -2.09. The number of hydrogen-bond donors (Lipinski definition) is 0. The van der Waals surface area contributed by atoms with Crippen molar-refractivity contribution in [1.82, 2.24) is 18.7 Å². The van der Waals surface area contributed by atoms with E-state index in [2.05, 4.69) is 4.57 Å². The lowest BCUT2D eigenvalue weighted by Crippen LogP contribution is -2.28. The number of carbonyl (C=O) groups excluding carboxylic acids is 1. The van der Waals surface area contributed by atoms with Gasteiger partial charge in [0.15, 0.2) is 0 Å². The number of ether oxygens (including phenoxy) is 2. The molecule has 0 aliphatic rings. The van der Waals surface area contributed by atoms with Crippen molar-refractivity contribution in [2.45, 2.75) is 26.6 Å². The molecule has 2 aromatic carbocycles. The molecule has 0 N–H and O–H groups in total. The van der Waals surface area contributed by atoms with Crippen LogP contribution in [0, 0.1) is 0 Å². The number of nitrogens with zero attached hydrogens (tertiary/aromatic N) is 4. The van der Waals surface area contributed by atoms with E-state index in [4.69, 9.17) is 14.5 Å². The third kappa shape index (κ3) is 3.61. The Hall–Kier alpha value is -3.39. The number of esters is 1. The number of benzene rings is 2. The van der Waals surface area contributed by atoms with E-state index in [9.17, 15) is 9.59 Å². The Bertz CT molecular complexity index is 1250. The van der Waals surface area contributed by atoms with Gasteiger partial charge in [-0.1, -0.05) is 24.3 Å². The summed E-state index contributed by atoms with van der Waals surface area (Å²) in [5.41, 5.74) is 3.03. The van der Waals surface area contributed by atoms with Crippen LogP contribution in [0.1, 0.15) is 12.7 Å². The van der Waals surface area contributed by atoms with Crippen molar-refractivity contribution < 1.29 is 14.3 Å². The normalized spacial score (nSPS) is 11.4. The van der Waals surface area contributed by atoms with E-state index in [1.165, 1.54) is 4.57 Å². The third-order valence-corrected chi connectivity index (χ3v) is 5.07. The van der Waals surface area contributed by atoms with E-state index in [0.29, 0.717) is 18.7 Å². The van der Waals surface area contributed by atoms with Crippen molar-refractivity contribution in [1.29, 1.82) is 0 Å². The van der Waals surface area contributed by atoms with E-state index in [1.54, 1.807) is 18.6 Å². The standard InChI is InChI=1S/C22H24N4O4/c1-3-30-21(27)15-26-19-11-7-6-10-18(19)25(22(26)28)14-20-23-16-8-4-5-9-17(16)24(20)12-13-29-2/h4-11H,3,12-15H2,1-2H3. The van der Waals surface area contributed by atoms with Crippen LogP contribution in [0.3, 0.4) is 0 Å². The predicted octanol–water partition coefficient (Wildman–Crippen LogP) is 2.41. The molecule has 0 spiro atoms. The molecule has 156 valence electrons. The van der Waals surface area contributed by atoms with Gasteiger partial charge in [0.2, 0.25) is 0 Å². The maximum atomic E-state index is 13.2. The highest BCUT2D eigenvalue weighted by atomic mass is 16.5. The van der Waals surface area contributed by atoms with Gasteiger partial charge < -0.3 is 14.0 Å². The maximum absolute atomic E-state index is 13.2. The van der Waals surface area contributed by atoms with E-state index < -0.39 is 5.97 Å². The first kappa shape index (κ1) is 19.9. The summed E-state index contributed by atoms with van der Waals surface area (Å²) in [6.07, 6.45) is 0. The van der Waals surface area contributed by atoms with Crippen LogP contribution in [-0.4, -0.2) is 45.0 Å². The van der Waals surface area contributed by atoms with Crippen LogP contribution in [0.25, 0.3) is 22.1 Å². The first-order valence-corrected chi connectivity index (χ1v) is 9.90. The summed E-state index contributed by atoms with van der Waals surface area (Å²) in [5, 5.41) is 0. The van der Waals surface area contributed by atoms with Crippen LogP contribution < -0.4 is 5.69 Å². The van der Waals surface area contributed by atoms with Gasteiger partial charge in [0.25, 0.3) is 0 Å². The second-order valence-electron chi connectivity index (χ2n) is 6.91. The van der Waals surface area contributed by atoms with Gasteiger partial charge in [-0.25, -0.2) is 9.78 Å². The molecule has 0 saturated carbocycles. The van der Waals surface area contributed by atoms with Crippen molar-refractivity contribution in [3.63, 3.8) is 0 Å². The SMILES string of the molecule is CCOC(=O)Cn1c(=O)n(Cc2nc3ccccc3n2CCOC)c2ccccc21. The van der Waals surface area contributed by atoms with Crippen molar-refractivity contribution in [3.05, 3.63) is 64.8 Å². The van der Waals surface area contributed by atoms with E-state index in [0.717, 1.165) is 22.4 Å². The molecule has 30 heavy (non-hydrogen) atoms. The van der Waals surface area contributed by atoms with Crippen molar-refractivity contribution in [2.24, 2.45) is 0 Å². The zero-order valence-corrected chi connectivity index (χ0v) is 17.1. The van der Waals surface area contributed by atoms with Crippen molar-refractivity contribution in [2.75, 3.05) is 20.3 Å². The molecule has 0 saturated heterocycles. The Morgan fingerprint density at radius 3 is 2.33 bits per heavy atom. The molecule has 2 aromatic heterocycles. The summed E-state index contributed by atoms with van der Waals surface area (Å²) in [5.74, 6) is 0.323. The number of rotatable bonds is 8. The Morgan fingerprint density at radius 2 is 1.63 bits per heavy atom. The van der Waals surface area contributed by atoms with Gasteiger partial charge in [-0.05, 0) is 31.2 Å². The summed E-state index contributed by atoms with van der Waals surface area (Å²) in [4.78, 5) is 30.0. The highest BCUT2D eigenvalue weighted by Crippen LogP contribution is 2.19. The quantitative estimate of drug-likeness (QED) is 0.418. The van der Waals surface area contributed by atoms with Crippen LogP contribution >= 0.6 is 0 Å². The topological polar surface area (TPSA) is 80.3 Å². The molecule has 8 heteroatoms. The first-order valence-electron chi connectivity index (χ1n) is 9.90. The molecule has 0 bridgehead atoms. The molecule has 0 unspecified atom stereocenters. The van der Waals surface area contributed by atoms with Crippen LogP contribution in [0.4, 0.5) is 0 Å². The molecule has 4 rings (SSSR count). The minimum absolute atomic E-state index is 0.125. The minimum Gasteiger partial charge on any atom is -0.465 e. The number of carbonyl (C=O) groups is 1. The van der Waals surface area contributed by atoms with Crippen LogP contribution in [0.15, 0.2) is 53.3 Å². The number of fused-ring (bicyclic) bond motifs is 2. The first-order chi connectivity index (χ1) is 14.6. The maximum Gasteiger partial charge on any atom is 0.330 e. The highest BCUT2D eigenvalue weighted by molar-refractivity contribution is 5.79. The average Bonchev–Trinajstić information content (AvgIpc) is 3.23. The Balaban J connectivity index is 1.81. The zero-order valence-electron chi connectivity index (χ0n) is 17.1. The summed E-state index contributed by atoms with van der Waals surface area (Å²) in [6.45, 7) is 3.34. The molecule has 8 nitrogen and oxygen atoms in total. The van der Waals surface area contributed by atoms with Gasteiger partial charge in [-0.2, -0.15) is 0 Å². The van der Waals surface area contributed by atoms with Crippen molar-refractivity contribution in [3.8, 4) is 0 Å². The Kier molecular flexibility index (Phi) is 5.67. The monoisotopic (exact) mass is 408 g/mol. The molecular formula is C22H24N4O4. The molecule has 0 aliphatic heterocycles. The van der Waals surface area contributed by atoms with E-state index in [1.807, 2.05) is 48.5 Å². The van der Waals surface area contributed by atoms with Gasteiger partial charge >= 0.3 is 11.7 Å². The molecule has 4 aromatic rings. The smallest absolute Gasteiger partial charge is 0.330 e. The number of imidazole rings is 2. The minimum atomic E-state index is -0.435. The molecular weight excluding hydrogens is 384 g/mol. The lowest BCUT2D eigenvalue weighted by molar-refractivity contribution is -0.143. The molecule has 0 atom stereocenters. The average molecular weight is 408 g/mol. The molecule has 2 heterocycles. The molecule has 0 amide bonds. The second kappa shape index (κ2) is 8.54. The van der Waals surface area contributed by atoms with Gasteiger partial charge in [-0.15, -0.1) is 0 Å². The van der Waals surface area contributed by atoms with E-state index >= 15 is 0 Å².